The van der Waals surface area contributed by atoms with Gasteiger partial charge < -0.3 is 30.9 Å². The zero-order chi connectivity index (χ0) is 24.8. The molecule has 4 rings (SSSR count). The number of aromatic nitrogens is 3. The highest BCUT2D eigenvalue weighted by molar-refractivity contribution is 5.88. The van der Waals surface area contributed by atoms with E-state index in [-0.39, 0.29) is 34.9 Å². The summed E-state index contributed by atoms with van der Waals surface area (Å²) in [4.78, 5) is 25.0. The van der Waals surface area contributed by atoms with E-state index in [1.807, 2.05) is 0 Å². The number of nitrogens with zero attached hydrogens (tertiary/aromatic N) is 3. The third kappa shape index (κ3) is 6.45. The molecule has 0 amide bonds. The predicted octanol–water partition coefficient (Wildman–Crippen LogP) is 5.00. The van der Waals surface area contributed by atoms with E-state index >= 15 is 0 Å². The van der Waals surface area contributed by atoms with E-state index in [2.05, 4.69) is 37.5 Å². The van der Waals surface area contributed by atoms with Crippen molar-refractivity contribution in [1.82, 2.24) is 15.0 Å². The molecule has 0 saturated heterocycles. The van der Waals surface area contributed by atoms with Crippen molar-refractivity contribution in [2.45, 2.75) is 6.92 Å². The largest absolute Gasteiger partial charge is 0.508 e. The molecule has 10 heteroatoms. The van der Waals surface area contributed by atoms with Crippen molar-refractivity contribution in [3.8, 4) is 17.2 Å². The van der Waals surface area contributed by atoms with Crippen LogP contribution in [0.15, 0.2) is 84.9 Å². The van der Waals surface area contributed by atoms with Crippen molar-refractivity contribution in [2.24, 2.45) is 0 Å². The molecule has 0 bridgehead atoms. The SMILES string of the molecule is C=C(C)C(=O)Oc1cccc(Nc2nc(Nc3cccc(O)c3)nc(Nc3cccc(O)c3)n2)c1. The van der Waals surface area contributed by atoms with Crippen molar-refractivity contribution in [1.29, 1.82) is 0 Å². The molecule has 4 aromatic rings. The third-order valence-corrected chi connectivity index (χ3v) is 4.49. The maximum absolute atomic E-state index is 11.8. The van der Waals surface area contributed by atoms with Crippen molar-refractivity contribution in [2.75, 3.05) is 16.0 Å². The first-order valence-corrected chi connectivity index (χ1v) is 10.5. The number of benzene rings is 3. The molecule has 0 aliphatic heterocycles. The zero-order valence-corrected chi connectivity index (χ0v) is 18.7. The van der Waals surface area contributed by atoms with Gasteiger partial charge in [0.1, 0.15) is 17.2 Å². The molecule has 35 heavy (non-hydrogen) atoms. The minimum atomic E-state index is -0.530. The Balaban J connectivity index is 1.63. The number of phenols is 2. The standard InChI is InChI=1S/C25H22N6O4/c1-15(2)22(34)35-21-11-5-8-18(14-21)28-25-30-23(26-16-6-3-9-19(32)12-16)29-24(31-25)27-17-7-4-10-20(33)13-17/h3-14,32-33H,1H2,2H3,(H3,26,27,28,29,30,31). The van der Waals surface area contributed by atoms with Crippen LogP contribution in [0.3, 0.4) is 0 Å². The Bertz CT molecular complexity index is 1330. The van der Waals surface area contributed by atoms with Gasteiger partial charge in [0.05, 0.1) is 0 Å². The Labute approximate surface area is 201 Å². The lowest BCUT2D eigenvalue weighted by Gasteiger charge is -2.12. The Hall–Kier alpha value is -5.12. The molecule has 0 aliphatic rings. The quantitative estimate of drug-likeness (QED) is 0.136. The number of hydrogen-bond donors (Lipinski definition) is 5. The molecule has 0 aliphatic carbocycles. The summed E-state index contributed by atoms with van der Waals surface area (Å²) in [6.45, 7) is 5.14. The van der Waals surface area contributed by atoms with Gasteiger partial charge in [-0.3, -0.25) is 0 Å². The van der Waals surface area contributed by atoms with Gasteiger partial charge >= 0.3 is 5.97 Å². The second-order valence-electron chi connectivity index (χ2n) is 7.48. The van der Waals surface area contributed by atoms with Gasteiger partial charge in [-0.1, -0.05) is 24.8 Å². The molecule has 0 unspecified atom stereocenters. The van der Waals surface area contributed by atoms with Crippen molar-refractivity contribution < 1.29 is 19.7 Å². The molecule has 0 fully saturated rings. The van der Waals surface area contributed by atoms with E-state index in [9.17, 15) is 15.0 Å². The highest BCUT2D eigenvalue weighted by Crippen LogP contribution is 2.25. The van der Waals surface area contributed by atoms with Gasteiger partial charge in [-0.2, -0.15) is 15.0 Å². The Morgan fingerprint density at radius 2 is 1.17 bits per heavy atom. The van der Waals surface area contributed by atoms with Crippen LogP contribution in [-0.4, -0.2) is 31.1 Å². The molecule has 3 aromatic carbocycles. The fraction of sp³-hybridized carbons (Fsp3) is 0.0400. The number of nitrogens with one attached hydrogen (secondary N) is 3. The average Bonchev–Trinajstić information content (AvgIpc) is 2.79. The summed E-state index contributed by atoms with van der Waals surface area (Å²) in [5, 5.41) is 28.6. The molecule has 0 atom stereocenters. The number of aromatic hydroxyl groups is 2. The summed E-state index contributed by atoms with van der Waals surface area (Å²) in [6, 6.07) is 19.7. The van der Waals surface area contributed by atoms with Crippen LogP contribution in [0.1, 0.15) is 6.92 Å². The first kappa shape index (κ1) is 23.1. The number of carbonyl (C=O) groups is 1. The lowest BCUT2D eigenvalue weighted by molar-refractivity contribution is -0.130. The summed E-state index contributed by atoms with van der Waals surface area (Å²) < 4.78 is 5.28. The predicted molar refractivity (Wildman–Crippen MR) is 133 cm³/mol. The van der Waals surface area contributed by atoms with Crippen LogP contribution in [-0.2, 0) is 4.79 Å². The van der Waals surface area contributed by atoms with Gasteiger partial charge in [0, 0.05) is 40.8 Å². The number of phenolic OH excluding ortho intramolecular Hbond substituents is 2. The number of carbonyl (C=O) groups excluding carboxylic acids is 1. The van der Waals surface area contributed by atoms with Crippen molar-refractivity contribution in [3.63, 3.8) is 0 Å². The van der Waals surface area contributed by atoms with E-state index in [0.717, 1.165) is 0 Å². The van der Waals surface area contributed by atoms with Crippen LogP contribution in [0.4, 0.5) is 34.9 Å². The monoisotopic (exact) mass is 470 g/mol. The van der Waals surface area contributed by atoms with Gasteiger partial charge in [-0.25, -0.2) is 4.79 Å². The summed E-state index contributed by atoms with van der Waals surface area (Å²) in [7, 11) is 0. The van der Waals surface area contributed by atoms with E-state index in [4.69, 9.17) is 4.74 Å². The second-order valence-corrected chi connectivity index (χ2v) is 7.48. The van der Waals surface area contributed by atoms with E-state index in [1.54, 1.807) is 67.6 Å². The molecular weight excluding hydrogens is 448 g/mol. The normalized spacial score (nSPS) is 10.3. The van der Waals surface area contributed by atoms with Crippen LogP contribution in [0, 0.1) is 0 Å². The topological polar surface area (TPSA) is 142 Å². The van der Waals surface area contributed by atoms with E-state index in [1.165, 1.54) is 12.1 Å². The number of esters is 1. The number of ether oxygens (including phenoxy) is 1. The van der Waals surface area contributed by atoms with E-state index < -0.39 is 5.97 Å². The lowest BCUT2D eigenvalue weighted by Crippen LogP contribution is -2.09. The van der Waals surface area contributed by atoms with Gasteiger partial charge in [0.25, 0.3) is 0 Å². The average molecular weight is 470 g/mol. The van der Waals surface area contributed by atoms with Gasteiger partial charge in [0.2, 0.25) is 17.8 Å². The Morgan fingerprint density at radius 3 is 1.60 bits per heavy atom. The molecule has 0 saturated carbocycles. The summed E-state index contributed by atoms with van der Waals surface area (Å²) >= 11 is 0. The van der Waals surface area contributed by atoms with Crippen LogP contribution >= 0.6 is 0 Å². The second kappa shape index (κ2) is 10.2. The van der Waals surface area contributed by atoms with Crippen LogP contribution in [0.25, 0.3) is 0 Å². The van der Waals surface area contributed by atoms with Crippen molar-refractivity contribution in [3.05, 3.63) is 84.9 Å². The number of rotatable bonds is 8. The van der Waals surface area contributed by atoms with E-state index in [0.29, 0.717) is 22.8 Å². The first-order valence-electron chi connectivity index (χ1n) is 10.5. The Kier molecular flexibility index (Phi) is 6.73. The Morgan fingerprint density at radius 1 is 0.743 bits per heavy atom. The molecule has 1 heterocycles. The fourth-order valence-electron chi connectivity index (χ4n) is 2.93. The molecule has 0 spiro atoms. The van der Waals surface area contributed by atoms with Crippen molar-refractivity contribution >= 4 is 40.9 Å². The molecule has 0 radical (unpaired) electrons. The zero-order valence-electron chi connectivity index (χ0n) is 18.7. The van der Waals surface area contributed by atoms with Crippen LogP contribution in [0.5, 0.6) is 17.2 Å². The summed E-state index contributed by atoms with van der Waals surface area (Å²) in [5.74, 6) is 0.545. The smallest absolute Gasteiger partial charge is 0.338 e. The summed E-state index contributed by atoms with van der Waals surface area (Å²) in [6.07, 6.45) is 0. The molecular formula is C25H22N6O4. The third-order valence-electron chi connectivity index (χ3n) is 4.49. The lowest BCUT2D eigenvalue weighted by atomic mass is 10.3. The summed E-state index contributed by atoms with van der Waals surface area (Å²) in [5.41, 5.74) is 1.99. The minimum absolute atomic E-state index is 0.0848. The molecule has 10 nitrogen and oxygen atoms in total. The highest BCUT2D eigenvalue weighted by Gasteiger charge is 2.11. The fourth-order valence-corrected chi connectivity index (χ4v) is 2.93. The number of anilines is 6. The number of hydrogen-bond acceptors (Lipinski definition) is 10. The first-order chi connectivity index (χ1) is 16.8. The highest BCUT2D eigenvalue weighted by atomic mass is 16.5. The molecule has 1 aromatic heterocycles. The van der Waals surface area contributed by atoms with Gasteiger partial charge in [-0.15, -0.1) is 0 Å². The maximum atomic E-state index is 11.8. The van der Waals surface area contributed by atoms with Gasteiger partial charge in [-0.05, 0) is 43.3 Å². The molecule has 176 valence electrons. The maximum Gasteiger partial charge on any atom is 0.338 e. The van der Waals surface area contributed by atoms with Crippen LogP contribution < -0.4 is 20.7 Å². The van der Waals surface area contributed by atoms with Crippen LogP contribution in [0.2, 0.25) is 0 Å². The molecule has 5 N–H and O–H groups in total. The van der Waals surface area contributed by atoms with Gasteiger partial charge in [0.15, 0.2) is 0 Å². The minimum Gasteiger partial charge on any atom is -0.508 e.